The van der Waals surface area contributed by atoms with Crippen LogP contribution in [0.25, 0.3) is 5.65 Å². The van der Waals surface area contributed by atoms with Gasteiger partial charge in [0.05, 0.1) is 12.2 Å². The molecule has 1 fully saturated rings. The van der Waals surface area contributed by atoms with Crippen molar-refractivity contribution in [3.8, 4) is 0 Å². The quantitative estimate of drug-likeness (QED) is 0.627. The van der Waals surface area contributed by atoms with E-state index in [0.717, 1.165) is 12.8 Å². The minimum absolute atomic E-state index is 0.159. The highest BCUT2D eigenvalue weighted by Gasteiger charge is 2.30. The van der Waals surface area contributed by atoms with E-state index >= 15 is 0 Å². The van der Waals surface area contributed by atoms with Crippen LogP contribution < -0.4 is 15.8 Å². The van der Waals surface area contributed by atoms with Gasteiger partial charge in [0.1, 0.15) is 17.2 Å². The standard InChI is InChI=1S/C20H21FN6O2/c21-13-10-14-16-4-3-8-26(16)17-5-9-27-18(24-17)15(11-23-27)19(28)22-6-1-2-7-25(12-13)20(14)29/h5,9-12,16H,1-4,6-8H2,(H,22,28). The minimum Gasteiger partial charge on any atom is -0.352 e. The fraction of sp³-hybridized carbons (Fsp3) is 0.400. The molecule has 0 aromatic carbocycles. The van der Waals surface area contributed by atoms with E-state index in [1.165, 1.54) is 23.0 Å². The number of nitrogens with one attached hydrogen (secondary N) is 1. The molecular weight excluding hydrogens is 375 g/mol. The van der Waals surface area contributed by atoms with Crippen LogP contribution in [0.5, 0.6) is 0 Å². The lowest BCUT2D eigenvalue weighted by Gasteiger charge is -2.26. The molecule has 1 amide bonds. The zero-order valence-corrected chi connectivity index (χ0v) is 15.8. The molecule has 1 unspecified atom stereocenters. The summed E-state index contributed by atoms with van der Waals surface area (Å²) in [5.41, 5.74) is 1.19. The lowest BCUT2D eigenvalue weighted by Crippen LogP contribution is -2.32. The molecule has 1 saturated heterocycles. The lowest BCUT2D eigenvalue weighted by atomic mass is 10.1. The maximum absolute atomic E-state index is 14.3. The van der Waals surface area contributed by atoms with Gasteiger partial charge in [0.25, 0.3) is 11.5 Å². The summed E-state index contributed by atoms with van der Waals surface area (Å²) in [5, 5.41) is 7.10. The number of carbonyl (C=O) groups is 1. The molecule has 1 atom stereocenters. The zero-order chi connectivity index (χ0) is 20.0. The van der Waals surface area contributed by atoms with E-state index in [1.54, 1.807) is 10.7 Å². The number of rotatable bonds is 0. The fourth-order valence-electron chi connectivity index (χ4n) is 4.27. The van der Waals surface area contributed by atoms with Crippen molar-refractivity contribution in [3.63, 3.8) is 0 Å². The van der Waals surface area contributed by atoms with Gasteiger partial charge in [-0.25, -0.2) is 13.9 Å². The molecule has 29 heavy (non-hydrogen) atoms. The predicted molar refractivity (Wildman–Crippen MR) is 105 cm³/mol. The first-order valence-corrected chi connectivity index (χ1v) is 9.91. The minimum atomic E-state index is -0.412. The molecule has 1 N–H and O–H groups in total. The van der Waals surface area contributed by atoms with Gasteiger partial charge in [-0.3, -0.25) is 9.59 Å². The first kappa shape index (κ1) is 17.8. The van der Waals surface area contributed by atoms with Gasteiger partial charge in [0.2, 0.25) is 0 Å². The second kappa shape index (κ2) is 6.98. The van der Waals surface area contributed by atoms with Gasteiger partial charge in [0.15, 0.2) is 5.65 Å². The van der Waals surface area contributed by atoms with Crippen molar-refractivity contribution in [1.29, 1.82) is 0 Å². The van der Waals surface area contributed by atoms with Crippen molar-refractivity contribution in [2.24, 2.45) is 0 Å². The van der Waals surface area contributed by atoms with Gasteiger partial charge in [-0.15, -0.1) is 0 Å². The van der Waals surface area contributed by atoms with Gasteiger partial charge in [-0.1, -0.05) is 0 Å². The average Bonchev–Trinajstić information content (AvgIpc) is 3.35. The molecule has 2 aliphatic heterocycles. The molecular formula is C20H21FN6O2. The Kier molecular flexibility index (Phi) is 4.30. The number of pyridine rings is 1. The van der Waals surface area contributed by atoms with Gasteiger partial charge in [0, 0.05) is 37.6 Å². The van der Waals surface area contributed by atoms with Gasteiger partial charge < -0.3 is 14.8 Å². The van der Waals surface area contributed by atoms with Gasteiger partial charge in [-0.05, 0) is 37.8 Å². The van der Waals surface area contributed by atoms with Crippen LogP contribution in [-0.2, 0) is 6.54 Å². The third-order valence-corrected chi connectivity index (χ3v) is 5.70. The van der Waals surface area contributed by atoms with E-state index in [4.69, 9.17) is 0 Å². The van der Waals surface area contributed by atoms with Crippen molar-refractivity contribution in [3.05, 3.63) is 58.0 Å². The summed E-state index contributed by atoms with van der Waals surface area (Å²) in [5.74, 6) is 0.0199. The van der Waals surface area contributed by atoms with Crippen LogP contribution >= 0.6 is 0 Å². The smallest absolute Gasteiger partial charge is 0.256 e. The average molecular weight is 396 g/mol. The molecule has 2 aliphatic rings. The Morgan fingerprint density at radius 1 is 1.17 bits per heavy atom. The largest absolute Gasteiger partial charge is 0.352 e. The van der Waals surface area contributed by atoms with Crippen LogP contribution in [-0.4, -0.2) is 38.2 Å². The summed E-state index contributed by atoms with van der Waals surface area (Å²) in [6.45, 7) is 1.58. The normalized spacial score (nSPS) is 19.7. The Balaban J connectivity index is 1.67. The van der Waals surface area contributed by atoms with Crippen LogP contribution in [0.4, 0.5) is 10.2 Å². The molecule has 0 saturated carbocycles. The number of fused-ring (bicyclic) bond motifs is 6. The summed E-state index contributed by atoms with van der Waals surface area (Å²) in [6.07, 6.45) is 7.50. The van der Waals surface area contributed by atoms with Gasteiger partial charge in [-0.2, -0.15) is 5.10 Å². The van der Waals surface area contributed by atoms with Crippen LogP contribution in [0.2, 0.25) is 0 Å². The number of carbonyl (C=O) groups excluding carboxylic acids is 1. The Bertz CT molecular complexity index is 1150. The maximum atomic E-state index is 14.3. The van der Waals surface area contributed by atoms with E-state index in [2.05, 4.69) is 15.4 Å². The first-order chi connectivity index (χ1) is 14.1. The number of anilines is 1. The monoisotopic (exact) mass is 396 g/mol. The third kappa shape index (κ3) is 3.06. The number of nitrogens with zero attached hydrogens (tertiary/aromatic N) is 5. The Morgan fingerprint density at radius 2 is 2.07 bits per heavy atom. The van der Waals surface area contributed by atoms with Crippen molar-refractivity contribution in [1.82, 2.24) is 24.5 Å². The molecule has 5 heterocycles. The number of aromatic nitrogens is 4. The number of halogens is 1. The number of hydrogen-bond acceptors (Lipinski definition) is 5. The highest BCUT2D eigenvalue weighted by molar-refractivity contribution is 5.99. The summed E-state index contributed by atoms with van der Waals surface area (Å²) in [6, 6.07) is 2.92. The summed E-state index contributed by atoms with van der Waals surface area (Å²) < 4.78 is 17.3. The summed E-state index contributed by atoms with van der Waals surface area (Å²) >= 11 is 0. The van der Waals surface area contributed by atoms with Gasteiger partial charge >= 0.3 is 0 Å². The Labute approximate surface area is 166 Å². The van der Waals surface area contributed by atoms with E-state index < -0.39 is 5.82 Å². The summed E-state index contributed by atoms with van der Waals surface area (Å²) in [7, 11) is 0. The second-order valence-electron chi connectivity index (χ2n) is 7.54. The second-order valence-corrected chi connectivity index (χ2v) is 7.54. The van der Waals surface area contributed by atoms with Crippen LogP contribution in [0, 0.1) is 5.82 Å². The highest BCUT2D eigenvalue weighted by Crippen LogP contribution is 2.34. The van der Waals surface area contributed by atoms with E-state index in [1.807, 2.05) is 11.0 Å². The molecule has 0 spiro atoms. The first-order valence-electron chi connectivity index (χ1n) is 9.91. The van der Waals surface area contributed by atoms with Crippen LogP contribution in [0.3, 0.4) is 0 Å². The number of hydrogen-bond donors (Lipinski definition) is 1. The molecule has 8 nitrogen and oxygen atoms in total. The molecule has 3 aromatic rings. The fourth-order valence-corrected chi connectivity index (χ4v) is 4.27. The Hall–Kier alpha value is -3.23. The molecule has 4 bridgehead atoms. The van der Waals surface area contributed by atoms with E-state index in [0.29, 0.717) is 55.1 Å². The molecule has 9 heteroatoms. The van der Waals surface area contributed by atoms with Crippen molar-refractivity contribution >= 4 is 17.4 Å². The van der Waals surface area contributed by atoms with E-state index in [-0.39, 0.29) is 17.5 Å². The molecule has 0 radical (unpaired) electrons. The van der Waals surface area contributed by atoms with Crippen molar-refractivity contribution in [2.45, 2.75) is 38.3 Å². The van der Waals surface area contributed by atoms with Crippen molar-refractivity contribution < 1.29 is 9.18 Å². The molecule has 5 rings (SSSR count). The van der Waals surface area contributed by atoms with Crippen LogP contribution in [0.15, 0.2) is 35.5 Å². The number of aryl methyl sites for hydroxylation is 1. The summed E-state index contributed by atoms with van der Waals surface area (Å²) in [4.78, 5) is 32.3. The lowest BCUT2D eigenvalue weighted by molar-refractivity contribution is 0.0954. The zero-order valence-electron chi connectivity index (χ0n) is 15.8. The van der Waals surface area contributed by atoms with Crippen LogP contribution in [0.1, 0.15) is 47.6 Å². The van der Waals surface area contributed by atoms with E-state index in [9.17, 15) is 14.0 Å². The SMILES string of the molecule is O=C1NCCCCn2cc(F)cc(c2=O)C2CCCN2c2ccn3ncc1c3n2. The molecule has 0 aliphatic carbocycles. The topological polar surface area (TPSA) is 84.5 Å². The maximum Gasteiger partial charge on any atom is 0.256 e. The predicted octanol–water partition coefficient (Wildman–Crippen LogP) is 1.90. The number of amides is 1. The third-order valence-electron chi connectivity index (χ3n) is 5.70. The molecule has 150 valence electrons. The van der Waals surface area contributed by atoms with Crippen molar-refractivity contribution in [2.75, 3.05) is 18.0 Å². The highest BCUT2D eigenvalue weighted by atomic mass is 19.1. The molecule has 3 aromatic heterocycles. The Morgan fingerprint density at radius 3 is 2.97 bits per heavy atom.